The van der Waals surface area contributed by atoms with Crippen LogP contribution in [0.4, 0.5) is 17.1 Å². The van der Waals surface area contributed by atoms with Crippen molar-refractivity contribution in [2.24, 2.45) is 0 Å². The lowest BCUT2D eigenvalue weighted by molar-refractivity contribution is 0.991. The number of fused-ring (bicyclic) bond motifs is 3. The Morgan fingerprint density at radius 3 is 1.85 bits per heavy atom. The average Bonchev–Trinajstić information content (AvgIpc) is 3.09. The zero-order chi connectivity index (χ0) is 23.4. The molecule has 5 N–H and O–H groups in total. The molecule has 0 fully saturated rings. The monoisotopic (exact) mass is 438 g/mol. The van der Waals surface area contributed by atoms with Gasteiger partial charge in [-0.05, 0) is 18.2 Å². The Bertz CT molecular complexity index is 1740. The maximum Gasteiger partial charge on any atom is 0.268 e. The molecule has 0 aliphatic heterocycles. The summed E-state index contributed by atoms with van der Waals surface area (Å²) in [6, 6.07) is 13.0. The van der Waals surface area contributed by atoms with E-state index in [4.69, 9.17) is 11.5 Å². The van der Waals surface area contributed by atoms with Gasteiger partial charge in [0.15, 0.2) is 10.9 Å². The van der Waals surface area contributed by atoms with E-state index in [0.717, 1.165) is 4.57 Å². The van der Waals surface area contributed by atoms with E-state index in [-0.39, 0.29) is 43.7 Å². The lowest BCUT2D eigenvalue weighted by Gasteiger charge is -2.07. The molecule has 0 bridgehead atoms. The average molecular weight is 438 g/mol. The van der Waals surface area contributed by atoms with E-state index in [2.05, 4.69) is 11.9 Å². The second kappa shape index (κ2) is 7.16. The summed E-state index contributed by atoms with van der Waals surface area (Å²) in [5.74, 6) is 0. The van der Waals surface area contributed by atoms with Gasteiger partial charge in [-0.25, -0.2) is 4.57 Å². The van der Waals surface area contributed by atoms with E-state index in [1.54, 1.807) is 42.5 Å². The minimum Gasteiger partial charge on any atom is -0.397 e. The van der Waals surface area contributed by atoms with Gasteiger partial charge in [0.2, 0.25) is 0 Å². The fraction of sp³-hybridized carbons (Fsp3) is 0.0400. The normalized spacial score (nSPS) is 11.4. The fourth-order valence-corrected chi connectivity index (χ4v) is 4.35. The van der Waals surface area contributed by atoms with Gasteiger partial charge >= 0.3 is 0 Å². The summed E-state index contributed by atoms with van der Waals surface area (Å²) in [6.07, 6.45) is 1.67. The first kappa shape index (κ1) is 20.2. The van der Waals surface area contributed by atoms with Crippen molar-refractivity contribution in [2.45, 2.75) is 0 Å². The van der Waals surface area contributed by atoms with Crippen LogP contribution < -0.4 is 38.8 Å². The number of nitrogens with zero attached hydrogens (tertiary/aromatic N) is 1. The topological polar surface area (TPSA) is 137 Å². The third kappa shape index (κ3) is 2.71. The van der Waals surface area contributed by atoms with Crippen LogP contribution in [0.5, 0.6) is 0 Å². The Kier molecular flexibility index (Phi) is 4.39. The largest absolute Gasteiger partial charge is 0.397 e. The van der Waals surface area contributed by atoms with E-state index >= 15 is 0 Å². The van der Waals surface area contributed by atoms with E-state index in [1.807, 2.05) is 0 Å². The number of nitrogens with one attached hydrogen (secondary N) is 1. The highest BCUT2D eigenvalue weighted by Crippen LogP contribution is 2.32. The van der Waals surface area contributed by atoms with Gasteiger partial charge in [-0.3, -0.25) is 19.2 Å². The van der Waals surface area contributed by atoms with Crippen molar-refractivity contribution >= 4 is 49.4 Å². The molecule has 1 aromatic heterocycles. The Morgan fingerprint density at radius 1 is 0.788 bits per heavy atom. The molecule has 0 amide bonds. The fourth-order valence-electron chi connectivity index (χ4n) is 4.35. The number of benzene rings is 4. The molecule has 0 unspecified atom stereocenters. The van der Waals surface area contributed by atoms with Crippen molar-refractivity contribution in [3.63, 3.8) is 0 Å². The first-order valence-corrected chi connectivity index (χ1v) is 10.1. The van der Waals surface area contributed by atoms with Gasteiger partial charge in [0, 0.05) is 23.0 Å². The molecule has 1 heterocycles. The molecule has 0 atom stereocenters. The number of nitrogens with two attached hydrogens (primary N) is 2. The summed E-state index contributed by atoms with van der Waals surface area (Å²) in [5, 5.41) is 2.84. The molecule has 0 spiro atoms. The lowest BCUT2D eigenvalue weighted by Crippen LogP contribution is -2.23. The molecule has 8 nitrogen and oxygen atoms in total. The molecule has 33 heavy (non-hydrogen) atoms. The Hall–Kier alpha value is -4.72. The van der Waals surface area contributed by atoms with E-state index in [1.165, 1.54) is 12.1 Å². The summed E-state index contributed by atoms with van der Waals surface area (Å²) < 4.78 is 0.948. The van der Waals surface area contributed by atoms with Gasteiger partial charge in [-0.1, -0.05) is 36.4 Å². The highest BCUT2D eigenvalue weighted by Gasteiger charge is 2.25. The Balaban J connectivity index is 1.96. The van der Waals surface area contributed by atoms with Crippen LogP contribution in [0.2, 0.25) is 0 Å². The number of aromatic nitrogens is 1. The molecule has 0 radical (unpaired) electrons. The van der Waals surface area contributed by atoms with Crippen LogP contribution in [0.15, 0.2) is 80.4 Å². The minimum atomic E-state index is -0.707. The molecule has 0 aliphatic rings. The summed E-state index contributed by atoms with van der Waals surface area (Å²) in [4.78, 5) is 53.1. The van der Waals surface area contributed by atoms with Crippen LogP contribution in [0.1, 0.15) is 0 Å². The molecule has 5 aromatic rings. The van der Waals surface area contributed by atoms with E-state index < -0.39 is 22.0 Å². The predicted molar refractivity (Wildman–Crippen MR) is 133 cm³/mol. The highest BCUT2D eigenvalue weighted by atomic mass is 16.2. The summed E-state index contributed by atoms with van der Waals surface area (Å²) in [6.45, 7) is 4.14. The van der Waals surface area contributed by atoms with Crippen LogP contribution in [0.25, 0.3) is 38.0 Å². The van der Waals surface area contributed by atoms with Crippen LogP contribution >= 0.6 is 0 Å². The quantitative estimate of drug-likeness (QED) is 0.169. The highest BCUT2D eigenvalue weighted by molar-refractivity contribution is 6.20. The smallest absolute Gasteiger partial charge is 0.268 e. The first-order chi connectivity index (χ1) is 15.9. The number of nitrogen functional groups attached to an aromatic ring is 2. The Morgan fingerprint density at radius 2 is 1.33 bits per heavy atom. The second-order valence-corrected chi connectivity index (χ2v) is 7.70. The molecular weight excluding hydrogens is 420 g/mol. The first-order valence-electron chi connectivity index (χ1n) is 10.1. The van der Waals surface area contributed by atoms with Crippen LogP contribution in [0, 0.1) is 0 Å². The molecule has 0 saturated heterocycles. The predicted octanol–water partition coefficient (Wildman–Crippen LogP) is 2.02. The van der Waals surface area contributed by atoms with Crippen molar-refractivity contribution in [2.75, 3.05) is 23.3 Å². The van der Waals surface area contributed by atoms with Crippen molar-refractivity contribution in [1.29, 1.82) is 0 Å². The van der Waals surface area contributed by atoms with Gasteiger partial charge in [0.05, 0.1) is 38.6 Å². The third-order valence-corrected chi connectivity index (χ3v) is 5.84. The van der Waals surface area contributed by atoms with Gasteiger partial charge < -0.3 is 16.8 Å². The number of hydrogen-bond donors (Lipinski definition) is 3. The third-order valence-electron chi connectivity index (χ3n) is 5.84. The molecule has 162 valence electrons. The molecule has 0 aliphatic carbocycles. The van der Waals surface area contributed by atoms with Crippen LogP contribution in [0.3, 0.4) is 0 Å². The molecule has 5 rings (SSSR count). The van der Waals surface area contributed by atoms with Crippen molar-refractivity contribution in [1.82, 2.24) is 4.57 Å². The summed E-state index contributed by atoms with van der Waals surface area (Å²) >= 11 is 0. The second-order valence-electron chi connectivity index (χ2n) is 7.70. The van der Waals surface area contributed by atoms with Gasteiger partial charge in [-0.2, -0.15) is 0 Å². The summed E-state index contributed by atoms with van der Waals surface area (Å²) in [5.41, 5.74) is 10.6. The molecule has 8 heteroatoms. The minimum absolute atomic E-state index is 0.139. The van der Waals surface area contributed by atoms with Gasteiger partial charge in [-0.15, -0.1) is 6.58 Å². The number of hydrogen-bond acceptors (Lipinski definition) is 7. The SMILES string of the molecule is C=CCNc1cccc(-n2c(=O)c3c(N)c4c(=O)c5ccccc5c(=O)c4c(N)c3c2=O)c1. The molecule has 4 aromatic carbocycles. The van der Waals surface area contributed by atoms with Crippen molar-refractivity contribution < 1.29 is 0 Å². The lowest BCUT2D eigenvalue weighted by atomic mass is 9.97. The van der Waals surface area contributed by atoms with Crippen molar-refractivity contribution in [3.05, 3.63) is 102 Å². The molecule has 0 saturated carbocycles. The maximum absolute atomic E-state index is 13.4. The van der Waals surface area contributed by atoms with Gasteiger partial charge in [0.25, 0.3) is 11.1 Å². The standard InChI is InChI=1S/C25H18N4O4/c1-2-10-28-12-6-5-7-13(11-12)29-24(32)18-19(25(29)33)21(27)17-16(20(18)26)22(30)14-8-3-4-9-15(14)23(17)31/h2-9,11,28H,1,10,26-27H2. The van der Waals surface area contributed by atoms with E-state index in [0.29, 0.717) is 17.9 Å². The van der Waals surface area contributed by atoms with Crippen molar-refractivity contribution in [3.8, 4) is 5.69 Å². The summed E-state index contributed by atoms with van der Waals surface area (Å²) in [7, 11) is 0. The van der Waals surface area contributed by atoms with Crippen LogP contribution in [-0.4, -0.2) is 11.1 Å². The van der Waals surface area contributed by atoms with Gasteiger partial charge in [0.1, 0.15) is 0 Å². The number of rotatable bonds is 4. The van der Waals surface area contributed by atoms with Crippen LogP contribution in [-0.2, 0) is 0 Å². The zero-order valence-corrected chi connectivity index (χ0v) is 17.3. The number of anilines is 3. The van der Waals surface area contributed by atoms with E-state index in [9.17, 15) is 19.2 Å². The maximum atomic E-state index is 13.4. The zero-order valence-electron chi connectivity index (χ0n) is 17.3. The molecular formula is C25H18N4O4. The Labute approximate surface area is 185 Å².